The normalized spacial score (nSPS) is 12.0. The summed E-state index contributed by atoms with van der Waals surface area (Å²) < 4.78 is 6.11. The fourth-order valence-electron chi connectivity index (χ4n) is 3.14. The first-order chi connectivity index (χ1) is 10.3. The minimum absolute atomic E-state index is 0.733. The molecular weight excluding hydrogens is 282 g/mol. The molecule has 5 rings (SSSR count). The number of rotatable bonds is 0. The van der Waals surface area contributed by atoms with Crippen molar-refractivity contribution in [3.63, 3.8) is 0 Å². The van der Waals surface area contributed by atoms with Gasteiger partial charge in [-0.3, -0.25) is 0 Å². The molecule has 0 saturated carbocycles. The van der Waals surface area contributed by atoms with E-state index in [0.717, 1.165) is 48.8 Å². The van der Waals surface area contributed by atoms with Crippen molar-refractivity contribution >= 4 is 55.3 Å². The number of hydrogen-bond donors (Lipinski definition) is 1. The summed E-state index contributed by atoms with van der Waals surface area (Å²) in [5, 5.41) is 5.21. The van der Waals surface area contributed by atoms with Crippen LogP contribution in [0.3, 0.4) is 0 Å². The fraction of sp³-hybridized carbons (Fsp3) is 0. The Morgan fingerprint density at radius 2 is 1.67 bits per heavy atom. The fourth-order valence-corrected chi connectivity index (χ4v) is 3.31. The van der Waals surface area contributed by atoms with Crippen LogP contribution in [-0.2, 0) is 0 Å². The number of fused-ring (bicyclic) bond motifs is 7. The number of halogens is 1. The quantitative estimate of drug-likeness (QED) is 0.379. The maximum absolute atomic E-state index is 6.16. The third kappa shape index (κ3) is 1.43. The van der Waals surface area contributed by atoms with E-state index in [-0.39, 0.29) is 0 Å². The van der Waals surface area contributed by atoms with E-state index in [0.29, 0.717) is 0 Å². The maximum atomic E-state index is 6.16. The monoisotopic (exact) mass is 291 g/mol. The van der Waals surface area contributed by atoms with Crippen LogP contribution in [0, 0.1) is 0 Å². The van der Waals surface area contributed by atoms with Gasteiger partial charge in [-0.1, -0.05) is 29.8 Å². The van der Waals surface area contributed by atoms with Gasteiger partial charge in [0, 0.05) is 26.7 Å². The molecule has 3 heteroatoms. The van der Waals surface area contributed by atoms with Crippen molar-refractivity contribution in [1.29, 1.82) is 0 Å². The number of para-hydroxylation sites is 1. The smallest absolute Gasteiger partial charge is 0.145 e. The Balaban J connectivity index is 2.11. The highest BCUT2D eigenvalue weighted by Gasteiger charge is 2.14. The van der Waals surface area contributed by atoms with E-state index >= 15 is 0 Å². The van der Waals surface area contributed by atoms with Gasteiger partial charge in [-0.05, 0) is 36.4 Å². The van der Waals surface area contributed by atoms with Crippen molar-refractivity contribution in [3.05, 3.63) is 59.6 Å². The molecule has 2 nitrogen and oxygen atoms in total. The number of benzene rings is 3. The Morgan fingerprint density at radius 1 is 0.810 bits per heavy atom. The third-order valence-corrected chi connectivity index (χ3v) is 4.30. The lowest BCUT2D eigenvalue weighted by molar-refractivity contribution is 0.673. The number of aromatic amines is 1. The van der Waals surface area contributed by atoms with Crippen LogP contribution < -0.4 is 0 Å². The molecule has 0 unspecified atom stereocenters. The van der Waals surface area contributed by atoms with Gasteiger partial charge < -0.3 is 9.40 Å². The van der Waals surface area contributed by atoms with E-state index < -0.39 is 0 Å². The van der Waals surface area contributed by atoms with Crippen LogP contribution in [0.5, 0.6) is 0 Å². The summed E-state index contributed by atoms with van der Waals surface area (Å²) in [5.74, 6) is 0. The van der Waals surface area contributed by atoms with Crippen LogP contribution in [0.1, 0.15) is 0 Å². The Bertz CT molecular complexity index is 1150. The van der Waals surface area contributed by atoms with Gasteiger partial charge in [0.1, 0.15) is 11.2 Å². The highest BCUT2D eigenvalue weighted by atomic mass is 35.5. The van der Waals surface area contributed by atoms with Gasteiger partial charge in [-0.2, -0.15) is 0 Å². The Kier molecular flexibility index (Phi) is 2.04. The van der Waals surface area contributed by atoms with Crippen LogP contribution in [0.4, 0.5) is 0 Å². The summed E-state index contributed by atoms with van der Waals surface area (Å²) in [6.07, 6.45) is 0. The van der Waals surface area contributed by atoms with Crippen molar-refractivity contribution in [2.75, 3.05) is 0 Å². The second-order valence-corrected chi connectivity index (χ2v) is 5.71. The molecule has 100 valence electrons. The van der Waals surface area contributed by atoms with Crippen molar-refractivity contribution in [2.45, 2.75) is 0 Å². The molecule has 0 bridgehead atoms. The van der Waals surface area contributed by atoms with Gasteiger partial charge in [0.05, 0.1) is 10.9 Å². The van der Waals surface area contributed by atoms with E-state index in [1.807, 2.05) is 36.4 Å². The maximum Gasteiger partial charge on any atom is 0.145 e. The van der Waals surface area contributed by atoms with Crippen molar-refractivity contribution in [2.24, 2.45) is 0 Å². The number of nitrogens with one attached hydrogen (secondary N) is 1. The molecule has 0 saturated heterocycles. The van der Waals surface area contributed by atoms with Gasteiger partial charge in [0.25, 0.3) is 0 Å². The summed E-state index contributed by atoms with van der Waals surface area (Å²) in [6, 6.07) is 18.2. The highest BCUT2D eigenvalue weighted by molar-refractivity contribution is 6.32. The SMILES string of the molecule is Clc1ccc2[nH]c3ccc4c5ccccc5oc4c3c2c1. The molecule has 0 aliphatic heterocycles. The molecule has 0 fully saturated rings. The first kappa shape index (κ1) is 11.2. The van der Waals surface area contributed by atoms with Gasteiger partial charge >= 0.3 is 0 Å². The Hall–Kier alpha value is -2.45. The average Bonchev–Trinajstić information content (AvgIpc) is 3.04. The van der Waals surface area contributed by atoms with Gasteiger partial charge in [-0.15, -0.1) is 0 Å². The largest absolute Gasteiger partial charge is 0.455 e. The summed E-state index contributed by atoms with van der Waals surface area (Å²) in [6.45, 7) is 0. The third-order valence-electron chi connectivity index (χ3n) is 4.07. The zero-order valence-corrected chi connectivity index (χ0v) is 11.7. The predicted molar refractivity (Wildman–Crippen MR) is 88.1 cm³/mol. The second kappa shape index (κ2) is 3.80. The minimum atomic E-state index is 0.733. The average molecular weight is 292 g/mol. The number of aromatic nitrogens is 1. The van der Waals surface area contributed by atoms with Gasteiger partial charge in [-0.25, -0.2) is 0 Å². The number of hydrogen-bond acceptors (Lipinski definition) is 1. The molecule has 0 atom stereocenters. The molecule has 0 spiro atoms. The Labute approximate surface area is 124 Å². The first-order valence-corrected chi connectivity index (χ1v) is 7.20. The van der Waals surface area contributed by atoms with Crippen molar-refractivity contribution in [1.82, 2.24) is 4.98 Å². The summed E-state index contributed by atoms with van der Waals surface area (Å²) in [7, 11) is 0. The number of H-pyrrole nitrogens is 1. The zero-order valence-electron chi connectivity index (χ0n) is 11.0. The second-order valence-electron chi connectivity index (χ2n) is 5.28. The summed E-state index contributed by atoms with van der Waals surface area (Å²) >= 11 is 6.16. The molecule has 0 aliphatic rings. The van der Waals surface area contributed by atoms with Crippen LogP contribution in [0.25, 0.3) is 43.7 Å². The molecule has 3 aromatic carbocycles. The molecule has 2 heterocycles. The van der Waals surface area contributed by atoms with Gasteiger partial charge in [0.15, 0.2) is 0 Å². The molecule has 0 amide bonds. The molecule has 0 aliphatic carbocycles. The van der Waals surface area contributed by atoms with Crippen LogP contribution in [-0.4, -0.2) is 4.98 Å². The van der Waals surface area contributed by atoms with E-state index in [9.17, 15) is 0 Å². The zero-order chi connectivity index (χ0) is 14.0. The van der Waals surface area contributed by atoms with Crippen molar-refractivity contribution in [3.8, 4) is 0 Å². The minimum Gasteiger partial charge on any atom is -0.455 e. The van der Waals surface area contributed by atoms with E-state index in [1.165, 1.54) is 0 Å². The van der Waals surface area contributed by atoms with Crippen LogP contribution in [0.15, 0.2) is 59.0 Å². The molecule has 1 N–H and O–H groups in total. The lowest BCUT2D eigenvalue weighted by Crippen LogP contribution is -1.70. The van der Waals surface area contributed by atoms with E-state index in [2.05, 4.69) is 23.2 Å². The Morgan fingerprint density at radius 3 is 2.62 bits per heavy atom. The summed E-state index contributed by atoms with van der Waals surface area (Å²) in [5.41, 5.74) is 3.97. The molecule has 2 aromatic heterocycles. The topological polar surface area (TPSA) is 28.9 Å². The lowest BCUT2D eigenvalue weighted by atomic mass is 10.1. The number of furan rings is 1. The highest BCUT2D eigenvalue weighted by Crippen LogP contribution is 2.38. The molecule has 0 radical (unpaired) electrons. The predicted octanol–water partition coefficient (Wildman–Crippen LogP) is 5.87. The van der Waals surface area contributed by atoms with Crippen LogP contribution in [0.2, 0.25) is 5.02 Å². The summed E-state index contributed by atoms with van der Waals surface area (Å²) in [4.78, 5) is 3.42. The van der Waals surface area contributed by atoms with Gasteiger partial charge in [0.2, 0.25) is 0 Å². The molecule has 5 aromatic rings. The standard InChI is InChI=1S/C18H10ClNO/c19-10-5-7-14-13(9-10)17-15(20-14)8-6-12-11-3-1-2-4-16(11)21-18(12)17/h1-9,20H. The first-order valence-electron chi connectivity index (χ1n) is 6.82. The lowest BCUT2D eigenvalue weighted by Gasteiger charge is -1.94. The van der Waals surface area contributed by atoms with E-state index in [4.69, 9.17) is 16.0 Å². The van der Waals surface area contributed by atoms with Crippen LogP contribution >= 0.6 is 11.6 Å². The van der Waals surface area contributed by atoms with Crippen molar-refractivity contribution < 1.29 is 4.42 Å². The molecular formula is C18H10ClNO. The van der Waals surface area contributed by atoms with E-state index in [1.54, 1.807) is 0 Å². The molecule has 21 heavy (non-hydrogen) atoms.